The number of phenolic OH excluding ortho intramolecular Hbond substituents is 1. The first-order valence-electron chi connectivity index (χ1n) is 5.29. The van der Waals surface area contributed by atoms with Crippen LogP contribution in [0, 0.1) is 0 Å². The Bertz CT molecular complexity index is 639. The van der Waals surface area contributed by atoms with E-state index in [1.54, 1.807) is 0 Å². The van der Waals surface area contributed by atoms with Crippen LogP contribution in [0.1, 0.15) is 21.6 Å². The molecule has 0 saturated heterocycles. The van der Waals surface area contributed by atoms with Crippen LogP contribution in [0.5, 0.6) is 5.75 Å². The molecule has 0 unspecified atom stereocenters. The molecule has 2 rings (SSSR count). The molecule has 1 N–H and O–H groups in total. The molecule has 0 atom stereocenters. The monoisotopic (exact) mass is 289 g/mol. The van der Waals surface area contributed by atoms with Crippen molar-refractivity contribution in [2.24, 2.45) is 0 Å². The second-order valence-corrected chi connectivity index (χ2v) is 3.85. The molecule has 0 amide bonds. The summed E-state index contributed by atoms with van der Waals surface area (Å²) in [6.45, 7) is 0. The average Bonchev–Trinajstić information content (AvgIpc) is 2.88. The zero-order valence-corrected chi connectivity index (χ0v) is 9.69. The Kier molecular flexibility index (Phi) is 3.47. The SMILES string of the molecule is O=C(c1ccccc1O)c1conc1C(F)(F)C(F)F. The van der Waals surface area contributed by atoms with Crippen LogP contribution in [0.4, 0.5) is 17.6 Å². The maximum atomic E-state index is 13.3. The van der Waals surface area contributed by atoms with Crippen LogP contribution in [0.2, 0.25) is 0 Å². The van der Waals surface area contributed by atoms with E-state index in [4.69, 9.17) is 0 Å². The molecule has 0 aliphatic carbocycles. The molecule has 0 bridgehead atoms. The van der Waals surface area contributed by atoms with Gasteiger partial charge in [-0.15, -0.1) is 0 Å². The third-order valence-electron chi connectivity index (χ3n) is 2.55. The summed E-state index contributed by atoms with van der Waals surface area (Å²) in [5, 5.41) is 12.3. The van der Waals surface area contributed by atoms with E-state index >= 15 is 0 Å². The van der Waals surface area contributed by atoms with Gasteiger partial charge in [0.1, 0.15) is 12.0 Å². The number of para-hydroxylation sites is 1. The van der Waals surface area contributed by atoms with E-state index in [1.165, 1.54) is 12.1 Å². The Hall–Kier alpha value is -2.38. The van der Waals surface area contributed by atoms with Crippen molar-refractivity contribution in [3.05, 3.63) is 47.3 Å². The lowest BCUT2D eigenvalue weighted by molar-refractivity contribution is -0.139. The van der Waals surface area contributed by atoms with Crippen LogP contribution in [0.3, 0.4) is 0 Å². The highest BCUT2D eigenvalue weighted by Crippen LogP contribution is 2.36. The molecule has 0 fully saturated rings. The number of phenols is 1. The first kappa shape index (κ1) is 14.0. The molecule has 20 heavy (non-hydrogen) atoms. The number of aromatic nitrogens is 1. The molecular weight excluding hydrogens is 282 g/mol. The van der Waals surface area contributed by atoms with Gasteiger partial charge in [-0.05, 0) is 12.1 Å². The summed E-state index contributed by atoms with van der Waals surface area (Å²) >= 11 is 0. The summed E-state index contributed by atoms with van der Waals surface area (Å²) < 4.78 is 55.3. The third kappa shape index (κ3) is 2.24. The van der Waals surface area contributed by atoms with Crippen LogP contribution in [0.15, 0.2) is 35.1 Å². The zero-order valence-electron chi connectivity index (χ0n) is 9.69. The lowest BCUT2D eigenvalue weighted by Gasteiger charge is -2.13. The maximum Gasteiger partial charge on any atom is 0.353 e. The lowest BCUT2D eigenvalue weighted by atomic mass is 10.0. The van der Waals surface area contributed by atoms with E-state index in [1.807, 2.05) is 0 Å². The number of hydrogen-bond acceptors (Lipinski definition) is 4. The fraction of sp³-hybridized carbons (Fsp3) is 0.167. The van der Waals surface area contributed by atoms with Gasteiger partial charge in [0.25, 0.3) is 0 Å². The van der Waals surface area contributed by atoms with Crippen molar-refractivity contribution in [1.29, 1.82) is 0 Å². The first-order valence-corrected chi connectivity index (χ1v) is 5.29. The summed E-state index contributed by atoms with van der Waals surface area (Å²) in [7, 11) is 0. The normalized spacial score (nSPS) is 11.8. The minimum Gasteiger partial charge on any atom is -0.507 e. The number of benzene rings is 1. The number of ketones is 1. The Morgan fingerprint density at radius 3 is 2.50 bits per heavy atom. The molecule has 1 heterocycles. The minimum atomic E-state index is -4.62. The van der Waals surface area contributed by atoms with E-state index in [-0.39, 0.29) is 5.56 Å². The second-order valence-electron chi connectivity index (χ2n) is 3.85. The predicted octanol–water partition coefficient (Wildman–Crippen LogP) is 2.97. The minimum absolute atomic E-state index is 0.318. The number of aromatic hydroxyl groups is 1. The summed E-state index contributed by atoms with van der Waals surface area (Å²) in [5.74, 6) is -6.17. The van der Waals surface area contributed by atoms with Gasteiger partial charge in [0.2, 0.25) is 5.78 Å². The van der Waals surface area contributed by atoms with Gasteiger partial charge < -0.3 is 9.63 Å². The molecule has 0 aliphatic heterocycles. The summed E-state index contributed by atoms with van der Waals surface area (Å²) in [6.07, 6.45) is -3.50. The molecule has 2 aromatic rings. The van der Waals surface area contributed by atoms with Crippen molar-refractivity contribution in [3.8, 4) is 5.75 Å². The zero-order chi connectivity index (χ0) is 14.9. The maximum absolute atomic E-state index is 13.3. The molecule has 1 aromatic carbocycles. The van der Waals surface area contributed by atoms with Gasteiger partial charge in [-0.3, -0.25) is 4.79 Å². The largest absolute Gasteiger partial charge is 0.507 e. The number of rotatable bonds is 4. The molecule has 106 valence electrons. The van der Waals surface area contributed by atoms with Crippen LogP contribution < -0.4 is 0 Å². The van der Waals surface area contributed by atoms with Crippen molar-refractivity contribution in [1.82, 2.24) is 5.16 Å². The predicted molar refractivity (Wildman–Crippen MR) is 57.9 cm³/mol. The first-order chi connectivity index (χ1) is 9.35. The quantitative estimate of drug-likeness (QED) is 0.694. The molecule has 8 heteroatoms. The van der Waals surface area contributed by atoms with Crippen molar-refractivity contribution in [2.45, 2.75) is 12.3 Å². The number of halogens is 4. The Labute approximate surface area is 109 Å². The van der Waals surface area contributed by atoms with E-state index < -0.39 is 35.1 Å². The molecule has 4 nitrogen and oxygen atoms in total. The number of carbonyl (C=O) groups excluding carboxylic acids is 1. The molecule has 0 spiro atoms. The standard InChI is InChI=1S/C12H7F4NO3/c13-11(14)12(15,16)10-7(5-20-17-10)9(19)6-3-1-2-4-8(6)18/h1-5,11,18H. The molecule has 0 aliphatic rings. The summed E-state index contributed by atoms with van der Waals surface area (Å²) in [6, 6.07) is 5.11. The topological polar surface area (TPSA) is 63.3 Å². The van der Waals surface area contributed by atoms with Gasteiger partial charge >= 0.3 is 12.3 Å². The lowest BCUT2D eigenvalue weighted by Crippen LogP contribution is -2.26. The number of hydrogen-bond donors (Lipinski definition) is 1. The fourth-order valence-electron chi connectivity index (χ4n) is 1.55. The van der Waals surface area contributed by atoms with Gasteiger partial charge in [-0.1, -0.05) is 17.3 Å². The van der Waals surface area contributed by atoms with Crippen LogP contribution in [-0.2, 0) is 5.92 Å². The number of nitrogens with zero attached hydrogens (tertiary/aromatic N) is 1. The second kappa shape index (κ2) is 4.95. The van der Waals surface area contributed by atoms with E-state index in [0.717, 1.165) is 12.1 Å². The summed E-state index contributed by atoms with van der Waals surface area (Å²) in [5.41, 5.74) is -2.60. The molecule has 1 aromatic heterocycles. The number of carbonyl (C=O) groups is 1. The van der Waals surface area contributed by atoms with Crippen LogP contribution >= 0.6 is 0 Å². The highest BCUT2D eigenvalue weighted by atomic mass is 19.3. The van der Waals surface area contributed by atoms with Gasteiger partial charge in [-0.2, -0.15) is 8.78 Å². The smallest absolute Gasteiger partial charge is 0.353 e. The Morgan fingerprint density at radius 1 is 1.25 bits per heavy atom. The van der Waals surface area contributed by atoms with E-state index in [9.17, 15) is 27.5 Å². The van der Waals surface area contributed by atoms with Gasteiger partial charge in [0, 0.05) is 0 Å². The highest BCUT2D eigenvalue weighted by Gasteiger charge is 2.48. The Balaban J connectivity index is 2.49. The molecular formula is C12H7F4NO3. The average molecular weight is 289 g/mol. The van der Waals surface area contributed by atoms with Crippen molar-refractivity contribution >= 4 is 5.78 Å². The van der Waals surface area contributed by atoms with Gasteiger partial charge in [0.05, 0.1) is 11.1 Å². The fourth-order valence-corrected chi connectivity index (χ4v) is 1.55. The van der Waals surface area contributed by atoms with E-state index in [2.05, 4.69) is 9.68 Å². The molecule has 0 radical (unpaired) electrons. The van der Waals surface area contributed by atoms with Crippen LogP contribution in [0.25, 0.3) is 0 Å². The third-order valence-corrected chi connectivity index (χ3v) is 2.55. The van der Waals surface area contributed by atoms with E-state index in [0.29, 0.717) is 6.26 Å². The van der Waals surface area contributed by atoms with Crippen LogP contribution in [-0.4, -0.2) is 22.5 Å². The van der Waals surface area contributed by atoms with Crippen molar-refractivity contribution in [2.75, 3.05) is 0 Å². The van der Waals surface area contributed by atoms with Crippen molar-refractivity contribution in [3.63, 3.8) is 0 Å². The highest BCUT2D eigenvalue weighted by molar-refractivity contribution is 6.11. The Morgan fingerprint density at radius 2 is 1.90 bits per heavy atom. The van der Waals surface area contributed by atoms with Gasteiger partial charge in [0.15, 0.2) is 5.69 Å². The summed E-state index contributed by atoms with van der Waals surface area (Å²) in [4.78, 5) is 12.0. The van der Waals surface area contributed by atoms with Gasteiger partial charge in [-0.25, -0.2) is 8.78 Å². The number of alkyl halides is 4. The molecule has 0 saturated carbocycles. The van der Waals surface area contributed by atoms with Crippen molar-refractivity contribution < 1.29 is 32.0 Å².